The average molecular weight is 481 g/mol. The minimum atomic E-state index is -3.77. The van der Waals surface area contributed by atoms with E-state index in [9.17, 15) is 28.0 Å². The Labute approximate surface area is 201 Å². The van der Waals surface area contributed by atoms with Gasteiger partial charge in [0.15, 0.2) is 0 Å². The Balaban J connectivity index is 1.47. The largest absolute Gasteiger partial charge is 0.349 e. The van der Waals surface area contributed by atoms with Crippen LogP contribution in [0.1, 0.15) is 33.5 Å². The molecule has 4 amide bonds. The van der Waals surface area contributed by atoms with Gasteiger partial charge in [-0.05, 0) is 29.3 Å². The summed E-state index contributed by atoms with van der Waals surface area (Å²) >= 11 is 5.71. The highest BCUT2D eigenvalue weighted by Gasteiger charge is 2.48. The van der Waals surface area contributed by atoms with Crippen molar-refractivity contribution in [2.75, 3.05) is 0 Å². The fraction of sp³-hybridized carbons (Fsp3) is 0.273. The van der Waals surface area contributed by atoms with Crippen LogP contribution >= 0.6 is 11.6 Å². The van der Waals surface area contributed by atoms with Gasteiger partial charge in [-0.15, -0.1) is 0 Å². The molecule has 7 nitrogen and oxygen atoms in total. The topological polar surface area (TPSA) is 95.6 Å². The summed E-state index contributed by atoms with van der Waals surface area (Å²) in [6.45, 7) is -0.251. The second-order valence-electron chi connectivity index (χ2n) is 8.29. The molecular formula is C22H16B2ClF2N3O4. The van der Waals surface area contributed by atoms with Gasteiger partial charge in [0.1, 0.15) is 6.04 Å². The number of carbonyl (C=O) groups is 4. The quantitative estimate of drug-likeness (QED) is 0.501. The predicted molar refractivity (Wildman–Crippen MR) is 119 cm³/mol. The minimum Gasteiger partial charge on any atom is -0.346 e. The molecule has 1 saturated heterocycles. The molecule has 2 aliphatic rings. The van der Waals surface area contributed by atoms with Crippen molar-refractivity contribution in [2.24, 2.45) is 0 Å². The highest BCUT2D eigenvalue weighted by Crippen LogP contribution is 2.38. The van der Waals surface area contributed by atoms with E-state index in [1.54, 1.807) is 6.07 Å². The third-order valence-corrected chi connectivity index (χ3v) is 6.00. The second-order valence-corrected chi connectivity index (χ2v) is 8.73. The van der Waals surface area contributed by atoms with Crippen molar-refractivity contribution in [3.8, 4) is 0 Å². The lowest BCUT2D eigenvalue weighted by atomic mass is 9.47. The summed E-state index contributed by atoms with van der Waals surface area (Å²) in [7, 11) is 11.9. The number of rotatable bonds is 5. The molecule has 1 fully saturated rings. The van der Waals surface area contributed by atoms with Crippen LogP contribution in [-0.4, -0.2) is 50.3 Å². The third kappa shape index (κ3) is 4.32. The van der Waals surface area contributed by atoms with Crippen molar-refractivity contribution in [3.63, 3.8) is 0 Å². The number of fused-ring (bicyclic) bond motifs is 1. The van der Waals surface area contributed by atoms with E-state index < -0.39 is 46.4 Å². The number of benzene rings is 2. The van der Waals surface area contributed by atoms with Gasteiger partial charge in [0.25, 0.3) is 11.8 Å². The summed E-state index contributed by atoms with van der Waals surface area (Å²) in [5, 5.41) is 2.83. The number of amides is 4. The molecule has 0 bridgehead atoms. The molecule has 4 radical (unpaired) electrons. The average Bonchev–Trinajstić information content (AvgIpc) is 3.06. The first-order valence-corrected chi connectivity index (χ1v) is 10.5. The summed E-state index contributed by atoms with van der Waals surface area (Å²) in [4.78, 5) is 50.2. The first kappa shape index (κ1) is 23.9. The summed E-state index contributed by atoms with van der Waals surface area (Å²) in [5.74, 6) is -7.18. The lowest BCUT2D eigenvalue weighted by Crippen LogP contribution is -2.60. The monoisotopic (exact) mass is 481 g/mol. The molecule has 2 aromatic carbocycles. The van der Waals surface area contributed by atoms with Crippen LogP contribution in [0.15, 0.2) is 42.5 Å². The maximum Gasteiger partial charge on any atom is 0.349 e. The van der Waals surface area contributed by atoms with Crippen LogP contribution in [-0.2, 0) is 33.4 Å². The van der Waals surface area contributed by atoms with Gasteiger partial charge in [0.2, 0.25) is 11.8 Å². The smallest absolute Gasteiger partial charge is 0.346 e. The van der Waals surface area contributed by atoms with E-state index in [1.165, 1.54) is 29.2 Å². The van der Waals surface area contributed by atoms with Crippen molar-refractivity contribution < 1.29 is 28.0 Å². The van der Waals surface area contributed by atoms with Gasteiger partial charge in [-0.1, -0.05) is 41.1 Å². The molecule has 4 rings (SSSR count). The van der Waals surface area contributed by atoms with E-state index in [2.05, 4.69) is 10.6 Å². The molecule has 2 N–H and O–H groups in total. The van der Waals surface area contributed by atoms with Crippen molar-refractivity contribution >= 4 is 50.9 Å². The lowest BCUT2D eigenvalue weighted by molar-refractivity contribution is -0.147. The molecule has 0 aliphatic carbocycles. The maximum atomic E-state index is 14.5. The van der Waals surface area contributed by atoms with E-state index in [1.807, 2.05) is 0 Å². The van der Waals surface area contributed by atoms with Gasteiger partial charge in [-0.25, -0.2) is 0 Å². The van der Waals surface area contributed by atoms with Crippen molar-refractivity contribution in [1.29, 1.82) is 0 Å². The summed E-state index contributed by atoms with van der Waals surface area (Å²) < 4.78 is 28.9. The standard InChI is InChI=1S/C22H16B2ClF2N3O4/c23-21(24)8-16(31)29-18(32)17(21)30-10-12-7-11(1-6-15(12)19(30)33)9-28-20(34)22(26,27)13-2-4-14(25)5-3-13/h1-7,17H,8-10H2,(H,28,34)(H,29,31,32). The molecule has 2 aromatic rings. The molecule has 12 heteroatoms. The van der Waals surface area contributed by atoms with E-state index in [4.69, 9.17) is 27.3 Å². The zero-order valence-corrected chi connectivity index (χ0v) is 18.4. The molecule has 1 atom stereocenters. The molecule has 170 valence electrons. The summed E-state index contributed by atoms with van der Waals surface area (Å²) in [6, 6.07) is 7.94. The molecule has 1 unspecified atom stereocenters. The molecule has 0 spiro atoms. The van der Waals surface area contributed by atoms with E-state index in [-0.39, 0.29) is 30.1 Å². The Morgan fingerprint density at radius 3 is 2.50 bits per heavy atom. The Bertz CT molecular complexity index is 1210. The van der Waals surface area contributed by atoms with E-state index >= 15 is 0 Å². The van der Waals surface area contributed by atoms with E-state index in [0.717, 1.165) is 12.1 Å². The SMILES string of the molecule is [B]C1([B])CC(=O)NC(=O)C1N1Cc2cc(CNC(=O)C(F)(F)c3ccc(Cl)cc3)ccc2C1=O. The molecule has 0 aromatic heterocycles. The number of piperidine rings is 1. The van der Waals surface area contributed by atoms with Crippen LogP contribution in [0, 0.1) is 0 Å². The highest BCUT2D eigenvalue weighted by molar-refractivity contribution is 6.44. The van der Waals surface area contributed by atoms with Gasteiger partial charge in [0, 0.05) is 35.7 Å². The van der Waals surface area contributed by atoms with Crippen LogP contribution in [0.5, 0.6) is 0 Å². The number of nitrogens with one attached hydrogen (secondary N) is 2. The van der Waals surface area contributed by atoms with Gasteiger partial charge in [-0.3, -0.25) is 24.5 Å². The lowest BCUT2D eigenvalue weighted by Gasteiger charge is -2.42. The van der Waals surface area contributed by atoms with Gasteiger partial charge in [-0.2, -0.15) is 8.78 Å². The third-order valence-electron chi connectivity index (χ3n) is 5.75. The Kier molecular flexibility index (Phi) is 6.01. The number of hydrogen-bond acceptors (Lipinski definition) is 4. The Morgan fingerprint density at radius 1 is 1.18 bits per heavy atom. The fourth-order valence-electron chi connectivity index (χ4n) is 4.10. The van der Waals surface area contributed by atoms with Crippen LogP contribution in [0.2, 0.25) is 10.2 Å². The Hall–Kier alpha value is -3.20. The predicted octanol–water partition coefficient (Wildman–Crippen LogP) is 1.57. The maximum absolute atomic E-state index is 14.5. The molecule has 0 saturated carbocycles. The molecule has 34 heavy (non-hydrogen) atoms. The zero-order chi connectivity index (χ0) is 24.8. The second kappa shape index (κ2) is 8.54. The number of halogens is 3. The van der Waals surface area contributed by atoms with Gasteiger partial charge < -0.3 is 10.2 Å². The fourth-order valence-corrected chi connectivity index (χ4v) is 4.23. The number of nitrogens with zero attached hydrogens (tertiary/aromatic N) is 1. The number of carbonyl (C=O) groups excluding carboxylic acids is 4. The van der Waals surface area contributed by atoms with E-state index in [0.29, 0.717) is 11.1 Å². The van der Waals surface area contributed by atoms with Crippen LogP contribution in [0.25, 0.3) is 0 Å². The first-order valence-electron chi connectivity index (χ1n) is 10.2. The number of alkyl halides is 2. The molecule has 2 heterocycles. The van der Waals surface area contributed by atoms with Crippen LogP contribution in [0.3, 0.4) is 0 Å². The molecular weight excluding hydrogens is 465 g/mol. The summed E-state index contributed by atoms with van der Waals surface area (Å²) in [5.41, 5.74) is 0.744. The van der Waals surface area contributed by atoms with Crippen LogP contribution in [0.4, 0.5) is 8.78 Å². The van der Waals surface area contributed by atoms with Crippen molar-refractivity contribution in [2.45, 2.75) is 36.7 Å². The zero-order valence-electron chi connectivity index (χ0n) is 17.6. The number of hydrogen-bond donors (Lipinski definition) is 2. The minimum absolute atomic E-state index is 0.0285. The summed E-state index contributed by atoms with van der Waals surface area (Å²) in [6.07, 6.45) is -0.345. The molecule has 2 aliphatic heterocycles. The first-order chi connectivity index (χ1) is 15.9. The van der Waals surface area contributed by atoms with Crippen LogP contribution < -0.4 is 10.6 Å². The number of imide groups is 1. The van der Waals surface area contributed by atoms with Crippen molar-refractivity contribution in [1.82, 2.24) is 15.5 Å². The normalized spacial score (nSPS) is 19.6. The van der Waals surface area contributed by atoms with Gasteiger partial charge >= 0.3 is 5.92 Å². The van der Waals surface area contributed by atoms with Gasteiger partial charge in [0.05, 0.1) is 15.7 Å². The van der Waals surface area contributed by atoms with Crippen molar-refractivity contribution in [3.05, 3.63) is 69.7 Å². The Morgan fingerprint density at radius 2 is 1.85 bits per heavy atom. The highest BCUT2D eigenvalue weighted by atomic mass is 35.5.